The second-order valence-corrected chi connectivity index (χ2v) is 9.06. The van der Waals surface area contributed by atoms with E-state index in [9.17, 15) is 15.0 Å². The quantitative estimate of drug-likeness (QED) is 0.303. The highest BCUT2D eigenvalue weighted by Crippen LogP contribution is 2.60. The fraction of sp³-hybridized carbons (Fsp3) is 0.609. The average molecular weight is 442 g/mol. The summed E-state index contributed by atoms with van der Waals surface area (Å²) in [4.78, 5) is 18.6. The minimum absolute atomic E-state index is 0.0171. The number of aliphatic hydroxyl groups excluding tert-OH is 2. The van der Waals surface area contributed by atoms with Crippen molar-refractivity contribution in [3.63, 3.8) is 0 Å². The van der Waals surface area contributed by atoms with Crippen molar-refractivity contribution in [3.8, 4) is 5.75 Å². The van der Waals surface area contributed by atoms with Crippen LogP contribution in [0, 0.1) is 5.41 Å². The molecule has 5 atom stereocenters. The predicted octanol–water partition coefficient (Wildman–Crippen LogP) is 2.72. The Bertz CT molecular complexity index is 977. The minimum atomic E-state index is -0.829. The summed E-state index contributed by atoms with van der Waals surface area (Å²) in [7, 11) is 3.52. The molecule has 0 aliphatic carbocycles. The van der Waals surface area contributed by atoms with Gasteiger partial charge >= 0.3 is 0 Å². The Morgan fingerprint density at radius 3 is 2.94 bits per heavy atom. The highest BCUT2D eigenvalue weighted by molar-refractivity contribution is 5.76. The molecule has 3 aliphatic heterocycles. The Hall–Kier alpha value is -2.58. The number of benzene rings is 1. The maximum atomic E-state index is 11.8. The molecule has 1 amide bonds. The van der Waals surface area contributed by atoms with Gasteiger partial charge in [0.2, 0.25) is 5.91 Å². The Morgan fingerprint density at radius 1 is 1.47 bits per heavy atom. The van der Waals surface area contributed by atoms with Gasteiger partial charge in [0.25, 0.3) is 0 Å². The van der Waals surface area contributed by atoms with Gasteiger partial charge in [-0.25, -0.2) is 0 Å². The smallest absolute Gasteiger partial charge is 0.219 e. The van der Waals surface area contributed by atoms with E-state index in [0.717, 1.165) is 36.5 Å². The second-order valence-electron chi connectivity index (χ2n) is 9.06. The number of aliphatic hydroxyl groups is 2. The first-order valence-electron chi connectivity index (χ1n) is 11.1. The zero-order valence-electron chi connectivity index (χ0n) is 18.8. The molecule has 0 bridgehead atoms. The fourth-order valence-electron chi connectivity index (χ4n) is 6.40. The monoisotopic (exact) mass is 441 g/mol. The molecule has 1 fully saturated rings. The van der Waals surface area contributed by atoms with Crippen LogP contribution < -0.4 is 9.64 Å². The summed E-state index contributed by atoms with van der Waals surface area (Å²) in [6.45, 7) is 3.59. The van der Waals surface area contributed by atoms with E-state index in [4.69, 9.17) is 10.3 Å². The minimum Gasteiger partial charge on any atom is -0.497 e. The van der Waals surface area contributed by atoms with Crippen molar-refractivity contribution >= 4 is 11.6 Å². The number of anilines is 1. The van der Waals surface area contributed by atoms with Gasteiger partial charge in [-0.1, -0.05) is 25.1 Å². The second kappa shape index (κ2) is 8.41. The van der Waals surface area contributed by atoms with Crippen molar-refractivity contribution in [2.24, 2.45) is 10.5 Å². The number of fused-ring (bicyclic) bond motifs is 4. The maximum absolute atomic E-state index is 11.8. The molecule has 1 aromatic rings. The number of carbonyl (C=O) groups excluding carboxylic acids is 1. The third kappa shape index (κ3) is 3.11. The zero-order valence-corrected chi connectivity index (χ0v) is 18.8. The summed E-state index contributed by atoms with van der Waals surface area (Å²) in [5.74, 6) is 0.158. The number of ether oxygens (including phenoxy) is 1. The van der Waals surface area contributed by atoms with Crippen LogP contribution in [0.4, 0.5) is 5.69 Å². The average Bonchev–Trinajstić information content (AvgIpc) is 3.30. The van der Waals surface area contributed by atoms with Crippen LogP contribution in [0.25, 0.3) is 10.4 Å². The Kier molecular flexibility index (Phi) is 5.94. The van der Waals surface area contributed by atoms with E-state index in [1.807, 2.05) is 37.1 Å². The van der Waals surface area contributed by atoms with Crippen LogP contribution in [0.3, 0.4) is 0 Å². The first-order valence-corrected chi connectivity index (χ1v) is 11.1. The first kappa shape index (κ1) is 22.6. The third-order valence-electron chi connectivity index (χ3n) is 7.88. The molecule has 0 radical (unpaired) electrons. The van der Waals surface area contributed by atoms with Gasteiger partial charge in [-0.2, -0.15) is 0 Å². The summed E-state index contributed by atoms with van der Waals surface area (Å²) >= 11 is 0. The van der Waals surface area contributed by atoms with Gasteiger partial charge in [0.15, 0.2) is 0 Å². The van der Waals surface area contributed by atoms with Crippen LogP contribution in [-0.4, -0.2) is 66.6 Å². The molecule has 32 heavy (non-hydrogen) atoms. The number of rotatable bonds is 6. The van der Waals surface area contributed by atoms with E-state index >= 15 is 0 Å². The molecule has 4 rings (SSSR count). The lowest BCUT2D eigenvalue weighted by Gasteiger charge is -2.53. The molecular weight excluding hydrogens is 410 g/mol. The molecule has 3 aliphatic rings. The molecule has 0 saturated carbocycles. The lowest BCUT2D eigenvalue weighted by Crippen LogP contribution is -2.62. The van der Waals surface area contributed by atoms with Crippen LogP contribution in [0.15, 0.2) is 35.5 Å². The van der Waals surface area contributed by atoms with Crippen molar-refractivity contribution in [1.29, 1.82) is 0 Å². The summed E-state index contributed by atoms with van der Waals surface area (Å²) < 4.78 is 5.42. The Morgan fingerprint density at radius 2 is 2.25 bits per heavy atom. The topological polar surface area (TPSA) is 122 Å². The Balaban J connectivity index is 1.79. The number of likely N-dealkylation sites (N-methyl/N-ethyl adjacent to an activating group) is 1. The van der Waals surface area contributed by atoms with Gasteiger partial charge in [-0.15, -0.1) is 0 Å². The lowest BCUT2D eigenvalue weighted by molar-refractivity contribution is -0.119. The number of methoxy groups -OCH3 is 1. The van der Waals surface area contributed by atoms with Gasteiger partial charge in [0.1, 0.15) is 12.0 Å². The van der Waals surface area contributed by atoms with E-state index in [-0.39, 0.29) is 18.9 Å². The molecule has 4 unspecified atom stereocenters. The number of amides is 1. The molecule has 3 heterocycles. The van der Waals surface area contributed by atoms with E-state index in [2.05, 4.69) is 27.1 Å². The Labute approximate surface area is 187 Å². The summed E-state index contributed by atoms with van der Waals surface area (Å²) in [5.41, 5.74) is 9.26. The predicted molar refractivity (Wildman–Crippen MR) is 120 cm³/mol. The molecule has 9 nitrogen and oxygen atoms in total. The van der Waals surface area contributed by atoms with Crippen LogP contribution in [-0.2, 0) is 10.2 Å². The zero-order chi connectivity index (χ0) is 23.1. The third-order valence-corrected chi connectivity index (χ3v) is 7.88. The van der Waals surface area contributed by atoms with E-state index in [0.29, 0.717) is 6.42 Å². The summed E-state index contributed by atoms with van der Waals surface area (Å²) in [5, 5.41) is 26.2. The molecule has 172 valence electrons. The van der Waals surface area contributed by atoms with Gasteiger partial charge < -0.3 is 19.8 Å². The summed E-state index contributed by atoms with van der Waals surface area (Å²) in [6.07, 6.45) is 4.16. The molecule has 9 heteroatoms. The van der Waals surface area contributed by atoms with Crippen molar-refractivity contribution in [1.82, 2.24) is 4.90 Å². The largest absolute Gasteiger partial charge is 0.497 e. The van der Waals surface area contributed by atoms with E-state index in [1.165, 1.54) is 0 Å². The number of hydrogen-bond donors (Lipinski definition) is 2. The van der Waals surface area contributed by atoms with Gasteiger partial charge in [0.05, 0.1) is 18.6 Å². The van der Waals surface area contributed by atoms with Crippen molar-refractivity contribution in [2.75, 3.05) is 32.1 Å². The molecular formula is C23H31N5O4. The van der Waals surface area contributed by atoms with Crippen LogP contribution in [0.1, 0.15) is 38.2 Å². The van der Waals surface area contributed by atoms with Gasteiger partial charge in [-0.3, -0.25) is 9.69 Å². The fourth-order valence-corrected chi connectivity index (χ4v) is 6.40. The van der Waals surface area contributed by atoms with Gasteiger partial charge in [-0.05, 0) is 48.1 Å². The first-order chi connectivity index (χ1) is 15.4. The lowest BCUT2D eigenvalue weighted by atomic mass is 9.59. The maximum Gasteiger partial charge on any atom is 0.219 e. The number of carbonyl (C=O) groups is 1. The van der Waals surface area contributed by atoms with Crippen LogP contribution >= 0.6 is 0 Å². The number of azide groups is 1. The summed E-state index contributed by atoms with van der Waals surface area (Å²) in [6, 6.07) is 5.77. The van der Waals surface area contributed by atoms with Crippen LogP contribution in [0.2, 0.25) is 0 Å². The molecule has 0 aromatic heterocycles. The van der Waals surface area contributed by atoms with Crippen LogP contribution in [0.5, 0.6) is 5.75 Å². The normalized spacial score (nSPS) is 31.8. The highest BCUT2D eigenvalue weighted by Gasteiger charge is 2.65. The number of hydrogen-bond acceptors (Lipinski definition) is 6. The highest BCUT2D eigenvalue weighted by atomic mass is 16.5. The number of nitrogens with zero attached hydrogens (tertiary/aromatic N) is 5. The SMILES string of the molecule is CC[C@@]1(C(O)CCC(=O)N=[N+]=[N-])C=CCN2CCC3(c4ccc(OC)cc4N(C)C3O)C21. The van der Waals surface area contributed by atoms with E-state index < -0.39 is 29.1 Å². The molecule has 2 N–H and O–H groups in total. The standard InChI is InChI=1S/C23H31N5O4/c1-4-22(18(29)8-9-19(30)25-26-24)10-5-12-28-13-11-23(20(22)28)16-7-6-15(32-3)14-17(16)27(2)21(23)31/h5-7,10,14,18,20-21,29,31H,4,8-9,11-13H2,1-3H3/t18?,20?,21?,22-,23?/m0/s1. The molecule has 1 spiro atoms. The molecule has 1 aromatic carbocycles. The van der Waals surface area contributed by atoms with Crippen molar-refractivity contribution < 1.29 is 19.7 Å². The van der Waals surface area contributed by atoms with Gasteiger partial charge in [0, 0.05) is 48.1 Å². The molecule has 1 saturated heterocycles. The van der Waals surface area contributed by atoms with E-state index in [1.54, 1.807) is 7.11 Å². The van der Waals surface area contributed by atoms with Crippen molar-refractivity contribution in [2.45, 2.75) is 56.4 Å². The van der Waals surface area contributed by atoms with Crippen molar-refractivity contribution in [3.05, 3.63) is 46.4 Å².